The van der Waals surface area contributed by atoms with Gasteiger partial charge in [0.25, 0.3) is 0 Å². The van der Waals surface area contributed by atoms with Crippen LogP contribution < -0.4 is 0 Å². The number of carbonyl (C=O) groups excluding carboxylic acids is 1. The number of allylic oxidation sites excluding steroid dienone is 2. The van der Waals surface area contributed by atoms with Gasteiger partial charge in [-0.2, -0.15) is 0 Å². The zero-order valence-corrected chi connectivity index (χ0v) is 13.3. The molecule has 0 aromatic heterocycles. The molecule has 2 atom stereocenters. The number of benzene rings is 1. The first-order chi connectivity index (χ1) is 9.03. The molecule has 4 rings (SSSR count). The topological polar surface area (TPSA) is 37.3 Å². The van der Waals surface area contributed by atoms with E-state index in [0.717, 1.165) is 45.8 Å². The van der Waals surface area contributed by atoms with Crippen molar-refractivity contribution in [1.82, 2.24) is 0 Å². The number of aromatic hydroxyl groups is 1. The number of hydrogen-bond donors (Lipinski definition) is 1. The standard InChI is InChI=1S/C15H12Br2O2/c16-12-9-6-15-4-3-7(5-15)14(19)13(17)11(15)8(9)1-2-10(12)18/h1-2,7,18H,3-6H2/t7-,15+/m1/s1. The zero-order chi connectivity index (χ0) is 13.4. The normalized spacial score (nSPS) is 31.7. The van der Waals surface area contributed by atoms with Crippen molar-refractivity contribution in [2.24, 2.45) is 11.3 Å². The zero-order valence-electron chi connectivity index (χ0n) is 10.2. The lowest BCUT2D eigenvalue weighted by Crippen LogP contribution is -2.25. The maximum atomic E-state index is 12.3. The van der Waals surface area contributed by atoms with Crippen LogP contribution in [0.25, 0.3) is 5.57 Å². The summed E-state index contributed by atoms with van der Waals surface area (Å²) in [4.78, 5) is 12.3. The second-order valence-corrected chi connectivity index (χ2v) is 7.46. The lowest BCUT2D eigenvalue weighted by Gasteiger charge is -2.30. The Balaban J connectivity index is 2.03. The van der Waals surface area contributed by atoms with Gasteiger partial charge in [0.2, 0.25) is 0 Å². The quantitative estimate of drug-likeness (QED) is 0.729. The molecule has 19 heavy (non-hydrogen) atoms. The van der Waals surface area contributed by atoms with Gasteiger partial charge in [0.05, 0.1) is 8.96 Å². The molecule has 1 N–H and O–H groups in total. The summed E-state index contributed by atoms with van der Waals surface area (Å²) in [6.07, 6.45) is 3.98. The van der Waals surface area contributed by atoms with E-state index in [1.807, 2.05) is 6.07 Å². The molecule has 1 saturated carbocycles. The highest BCUT2D eigenvalue weighted by Crippen LogP contribution is 2.64. The van der Waals surface area contributed by atoms with Crippen LogP contribution in [0.4, 0.5) is 0 Å². The van der Waals surface area contributed by atoms with Crippen molar-refractivity contribution >= 4 is 43.2 Å². The van der Waals surface area contributed by atoms with Gasteiger partial charge in [-0.3, -0.25) is 4.79 Å². The molecule has 2 bridgehead atoms. The molecule has 98 valence electrons. The van der Waals surface area contributed by atoms with Crippen molar-refractivity contribution in [3.05, 3.63) is 32.2 Å². The number of rotatable bonds is 0. The predicted molar refractivity (Wildman–Crippen MR) is 80.1 cm³/mol. The van der Waals surface area contributed by atoms with Crippen molar-refractivity contribution in [3.63, 3.8) is 0 Å². The summed E-state index contributed by atoms with van der Waals surface area (Å²) < 4.78 is 1.56. The number of phenols is 1. The van der Waals surface area contributed by atoms with Crippen molar-refractivity contribution < 1.29 is 9.90 Å². The van der Waals surface area contributed by atoms with E-state index in [2.05, 4.69) is 31.9 Å². The third-order valence-corrected chi connectivity index (χ3v) is 6.62. The second kappa shape index (κ2) is 3.73. The monoisotopic (exact) mass is 382 g/mol. The smallest absolute Gasteiger partial charge is 0.173 e. The average molecular weight is 384 g/mol. The minimum atomic E-state index is 0.121. The van der Waals surface area contributed by atoms with E-state index in [9.17, 15) is 9.90 Å². The third-order valence-electron chi connectivity index (χ3n) is 4.95. The van der Waals surface area contributed by atoms with Crippen molar-refractivity contribution in [3.8, 4) is 5.75 Å². The van der Waals surface area contributed by atoms with Crippen LogP contribution in [-0.4, -0.2) is 10.9 Å². The van der Waals surface area contributed by atoms with Crippen LogP contribution in [0.2, 0.25) is 0 Å². The second-order valence-electron chi connectivity index (χ2n) is 5.87. The predicted octanol–water partition coefficient (Wildman–Crippen LogP) is 4.19. The Labute approximate surface area is 128 Å². The van der Waals surface area contributed by atoms with Gasteiger partial charge < -0.3 is 5.11 Å². The van der Waals surface area contributed by atoms with Gasteiger partial charge in [0, 0.05) is 11.3 Å². The molecule has 0 amide bonds. The summed E-state index contributed by atoms with van der Waals surface area (Å²) >= 11 is 7.04. The molecule has 4 heteroatoms. The highest BCUT2D eigenvalue weighted by Gasteiger charge is 2.54. The summed E-state index contributed by atoms with van der Waals surface area (Å²) in [5, 5.41) is 9.86. The molecule has 0 aliphatic heterocycles. The minimum absolute atomic E-state index is 0.121. The van der Waals surface area contributed by atoms with Gasteiger partial charge in [0.15, 0.2) is 5.78 Å². The third kappa shape index (κ3) is 1.39. The van der Waals surface area contributed by atoms with Crippen LogP contribution in [0, 0.1) is 11.3 Å². The van der Waals surface area contributed by atoms with Gasteiger partial charge >= 0.3 is 0 Å². The molecule has 1 spiro atoms. The lowest BCUT2D eigenvalue weighted by molar-refractivity contribution is -0.118. The fraction of sp³-hybridized carbons (Fsp3) is 0.400. The van der Waals surface area contributed by atoms with Gasteiger partial charge in [-0.1, -0.05) is 6.07 Å². The number of carbonyl (C=O) groups is 1. The molecule has 3 aliphatic rings. The van der Waals surface area contributed by atoms with Crippen LogP contribution >= 0.6 is 31.9 Å². The van der Waals surface area contributed by atoms with E-state index >= 15 is 0 Å². The van der Waals surface area contributed by atoms with Crippen molar-refractivity contribution in [2.45, 2.75) is 25.7 Å². The summed E-state index contributed by atoms with van der Waals surface area (Å²) in [7, 11) is 0. The maximum Gasteiger partial charge on any atom is 0.173 e. The van der Waals surface area contributed by atoms with Crippen LogP contribution in [0.5, 0.6) is 5.75 Å². The SMILES string of the molecule is O=C1C(Br)=C2c3ccc(O)c(Br)c3C[C@@]23CC[C@@H]1C3. The molecular weight excluding hydrogens is 372 g/mol. The van der Waals surface area contributed by atoms with E-state index in [1.165, 1.54) is 5.57 Å². The number of ketones is 1. The molecular formula is C15H12Br2O2. The Kier molecular flexibility index (Phi) is 2.39. The van der Waals surface area contributed by atoms with E-state index < -0.39 is 0 Å². The summed E-state index contributed by atoms with van der Waals surface area (Å²) in [5.41, 5.74) is 3.59. The van der Waals surface area contributed by atoms with Gasteiger partial charge in [-0.15, -0.1) is 0 Å². The molecule has 3 aliphatic carbocycles. The molecule has 0 unspecified atom stereocenters. The number of hydrogen-bond acceptors (Lipinski definition) is 2. The van der Waals surface area contributed by atoms with E-state index in [1.54, 1.807) is 6.07 Å². The fourth-order valence-electron chi connectivity index (χ4n) is 4.12. The molecule has 0 saturated heterocycles. The highest BCUT2D eigenvalue weighted by atomic mass is 79.9. The van der Waals surface area contributed by atoms with E-state index in [-0.39, 0.29) is 22.9 Å². The van der Waals surface area contributed by atoms with E-state index in [4.69, 9.17) is 0 Å². The maximum absolute atomic E-state index is 12.3. The number of phenolic OH excluding ortho intramolecular Hbond substituents is 1. The number of Topliss-reactive ketones (excluding diaryl/α,β-unsaturated/α-hetero) is 1. The first kappa shape index (κ1) is 12.2. The number of halogens is 2. The summed E-state index contributed by atoms with van der Waals surface area (Å²) in [6, 6.07) is 3.66. The van der Waals surface area contributed by atoms with E-state index in [0.29, 0.717) is 0 Å². The van der Waals surface area contributed by atoms with Crippen LogP contribution in [-0.2, 0) is 11.2 Å². The summed E-state index contributed by atoms with van der Waals surface area (Å²) in [6.45, 7) is 0. The Morgan fingerprint density at radius 3 is 2.89 bits per heavy atom. The van der Waals surface area contributed by atoms with Crippen LogP contribution in [0.1, 0.15) is 30.4 Å². The minimum Gasteiger partial charge on any atom is -0.507 e. The highest BCUT2D eigenvalue weighted by molar-refractivity contribution is 9.12. The first-order valence-corrected chi connectivity index (χ1v) is 8.07. The largest absolute Gasteiger partial charge is 0.507 e. The Hall–Kier alpha value is -0.610. The molecule has 1 aromatic carbocycles. The average Bonchev–Trinajstić information content (AvgIpc) is 2.93. The van der Waals surface area contributed by atoms with Gasteiger partial charge in [-0.05, 0) is 80.3 Å². The molecule has 0 radical (unpaired) electrons. The number of fused-ring (bicyclic) bond motifs is 3. The van der Waals surface area contributed by atoms with Crippen LogP contribution in [0.3, 0.4) is 0 Å². The first-order valence-electron chi connectivity index (χ1n) is 6.49. The van der Waals surface area contributed by atoms with Gasteiger partial charge in [0.1, 0.15) is 5.75 Å². The Bertz CT molecular complexity index is 662. The molecule has 0 heterocycles. The molecule has 2 nitrogen and oxygen atoms in total. The van der Waals surface area contributed by atoms with Crippen molar-refractivity contribution in [2.75, 3.05) is 0 Å². The van der Waals surface area contributed by atoms with Gasteiger partial charge in [-0.25, -0.2) is 0 Å². The Morgan fingerprint density at radius 2 is 2.11 bits per heavy atom. The summed E-state index contributed by atoms with van der Waals surface area (Å²) in [5.74, 6) is 0.742. The van der Waals surface area contributed by atoms with Crippen LogP contribution in [0.15, 0.2) is 21.1 Å². The fourth-order valence-corrected chi connectivity index (χ4v) is 5.56. The molecule has 1 aromatic rings. The lowest BCUT2D eigenvalue weighted by atomic mass is 9.74. The Morgan fingerprint density at radius 1 is 1.32 bits per heavy atom. The molecule has 1 fully saturated rings. The van der Waals surface area contributed by atoms with Crippen molar-refractivity contribution in [1.29, 1.82) is 0 Å².